The summed E-state index contributed by atoms with van der Waals surface area (Å²) in [4.78, 5) is 35.2. The lowest BCUT2D eigenvalue weighted by molar-refractivity contribution is -0.383. The lowest BCUT2D eigenvalue weighted by atomic mass is 10.2. The molecule has 2 amide bonds. The molecule has 3 aromatic rings. The molecule has 11 heteroatoms. The second-order valence-electron chi connectivity index (χ2n) is 6.90. The van der Waals surface area contributed by atoms with Gasteiger partial charge in [0, 0.05) is 35.0 Å². The number of nitrogens with one attached hydrogen (secondary N) is 2. The summed E-state index contributed by atoms with van der Waals surface area (Å²) < 4.78 is 27.7. The van der Waals surface area contributed by atoms with Crippen LogP contribution < -0.4 is 10.6 Å². The Morgan fingerprint density at radius 3 is 1.83 bits per heavy atom. The molecule has 0 spiro atoms. The molecule has 0 fully saturated rings. The molecule has 2 N–H and O–H groups in total. The molecule has 0 aliphatic heterocycles. The van der Waals surface area contributed by atoms with Crippen molar-refractivity contribution in [2.75, 3.05) is 10.6 Å². The van der Waals surface area contributed by atoms with Crippen LogP contribution in [0.3, 0.4) is 0 Å². The fourth-order valence-corrected chi connectivity index (χ4v) is 3.34. The summed E-state index contributed by atoms with van der Waals surface area (Å²) in [7, 11) is 0. The summed E-state index contributed by atoms with van der Waals surface area (Å²) in [6.45, 7) is 0. The van der Waals surface area contributed by atoms with Gasteiger partial charge in [-0.1, -0.05) is 35.3 Å². The third-order valence-electron chi connectivity index (χ3n) is 4.52. The number of nitro groups is 1. The zero-order chi connectivity index (χ0) is 25.5. The van der Waals surface area contributed by atoms with Crippen LogP contribution in [0.1, 0.15) is 11.1 Å². The number of nitro benzene ring substituents is 1. The normalized spacial score (nSPS) is 11.1. The average Bonchev–Trinajstić information content (AvgIpc) is 2.78. The van der Waals surface area contributed by atoms with E-state index in [1.807, 2.05) is 0 Å². The molecule has 0 aliphatic carbocycles. The van der Waals surface area contributed by atoms with E-state index in [1.165, 1.54) is 48.5 Å². The molecule has 0 saturated heterocycles. The highest BCUT2D eigenvalue weighted by Crippen LogP contribution is 2.28. The first kappa shape index (κ1) is 25.5. The van der Waals surface area contributed by atoms with Crippen molar-refractivity contribution in [2.45, 2.75) is 0 Å². The van der Waals surface area contributed by atoms with Crippen LogP contribution in [-0.4, -0.2) is 16.7 Å². The fraction of sp³-hybridized carbons (Fsp3) is 0. The van der Waals surface area contributed by atoms with E-state index < -0.39 is 34.1 Å². The molecule has 35 heavy (non-hydrogen) atoms. The van der Waals surface area contributed by atoms with Crippen LogP contribution in [0.2, 0.25) is 10.0 Å². The van der Waals surface area contributed by atoms with Gasteiger partial charge in [0.05, 0.1) is 15.0 Å². The molecule has 3 rings (SSSR count). The summed E-state index contributed by atoms with van der Waals surface area (Å²) in [6.07, 6.45) is 4.30. The van der Waals surface area contributed by atoms with E-state index in [-0.39, 0.29) is 32.5 Å². The molecule has 0 atom stereocenters. The SMILES string of the molecule is O=C(C=Cc1c(F)cccc1Cl)Nc1ccc([N+](=O)[O-])c(NC(=O)C=Cc2c(F)cccc2Cl)c1. The van der Waals surface area contributed by atoms with Gasteiger partial charge in [0.25, 0.3) is 5.69 Å². The van der Waals surface area contributed by atoms with Crippen molar-refractivity contribution in [1.82, 2.24) is 0 Å². The Bertz CT molecular complexity index is 1340. The minimum Gasteiger partial charge on any atom is -0.322 e. The Morgan fingerprint density at radius 2 is 1.34 bits per heavy atom. The maximum absolute atomic E-state index is 13.9. The lowest BCUT2D eigenvalue weighted by Crippen LogP contribution is -2.12. The second kappa shape index (κ2) is 11.4. The highest BCUT2D eigenvalue weighted by molar-refractivity contribution is 6.32. The summed E-state index contributed by atoms with van der Waals surface area (Å²) >= 11 is 11.8. The van der Waals surface area contributed by atoms with Crippen molar-refractivity contribution in [3.63, 3.8) is 0 Å². The Labute approximate surface area is 207 Å². The van der Waals surface area contributed by atoms with Crippen molar-refractivity contribution < 1.29 is 23.3 Å². The van der Waals surface area contributed by atoms with Gasteiger partial charge >= 0.3 is 0 Å². The quantitative estimate of drug-likeness (QED) is 0.212. The maximum Gasteiger partial charge on any atom is 0.292 e. The Balaban J connectivity index is 1.77. The van der Waals surface area contributed by atoms with E-state index in [4.69, 9.17) is 23.2 Å². The van der Waals surface area contributed by atoms with E-state index in [2.05, 4.69) is 10.6 Å². The highest BCUT2D eigenvalue weighted by Gasteiger charge is 2.16. The van der Waals surface area contributed by atoms with Crippen molar-refractivity contribution in [3.05, 3.63) is 110 Å². The zero-order valence-electron chi connectivity index (χ0n) is 17.6. The maximum atomic E-state index is 13.9. The molecule has 0 aliphatic rings. The standard InChI is InChI=1S/C24H15Cl2F2N3O4/c25-17-3-1-5-19(27)15(17)8-11-23(32)29-14-7-10-22(31(34)35)21(13-14)30-24(33)12-9-16-18(26)4-2-6-20(16)28/h1-13H,(H,29,32)(H,30,33). The van der Waals surface area contributed by atoms with Gasteiger partial charge in [-0.15, -0.1) is 0 Å². The molecule has 0 aromatic heterocycles. The van der Waals surface area contributed by atoms with Crippen LogP contribution in [0, 0.1) is 21.7 Å². The lowest BCUT2D eigenvalue weighted by Gasteiger charge is -2.08. The molecule has 0 heterocycles. The Hall–Kier alpha value is -4.08. The fourth-order valence-electron chi connectivity index (χ4n) is 2.89. The van der Waals surface area contributed by atoms with E-state index in [0.717, 1.165) is 30.4 Å². The van der Waals surface area contributed by atoms with Crippen molar-refractivity contribution in [3.8, 4) is 0 Å². The number of benzene rings is 3. The van der Waals surface area contributed by atoms with Gasteiger partial charge in [-0.2, -0.15) is 0 Å². The monoisotopic (exact) mass is 517 g/mol. The number of hydrogen-bond donors (Lipinski definition) is 2. The summed E-state index contributed by atoms with van der Waals surface area (Å²) in [5, 5.41) is 16.3. The number of carbonyl (C=O) groups excluding carboxylic acids is 2. The second-order valence-corrected chi connectivity index (χ2v) is 7.72. The minimum absolute atomic E-state index is 0.0164. The van der Waals surface area contributed by atoms with Gasteiger partial charge in [0.1, 0.15) is 17.3 Å². The predicted molar refractivity (Wildman–Crippen MR) is 131 cm³/mol. The summed E-state index contributed by atoms with van der Waals surface area (Å²) in [5.41, 5.74) is -0.559. The number of anilines is 2. The van der Waals surface area contributed by atoms with Crippen LogP contribution in [0.15, 0.2) is 66.7 Å². The molecule has 0 unspecified atom stereocenters. The molecule has 7 nitrogen and oxygen atoms in total. The number of carbonyl (C=O) groups is 2. The van der Waals surface area contributed by atoms with Gasteiger partial charge in [-0.25, -0.2) is 8.78 Å². The van der Waals surface area contributed by atoms with Crippen LogP contribution >= 0.6 is 23.2 Å². The van der Waals surface area contributed by atoms with Gasteiger partial charge in [-0.05, 0) is 48.6 Å². The largest absolute Gasteiger partial charge is 0.322 e. The van der Waals surface area contributed by atoms with Crippen LogP contribution in [0.25, 0.3) is 12.2 Å². The van der Waals surface area contributed by atoms with Crippen molar-refractivity contribution in [2.24, 2.45) is 0 Å². The first-order valence-corrected chi connectivity index (χ1v) is 10.6. The van der Waals surface area contributed by atoms with Crippen LogP contribution in [0.4, 0.5) is 25.8 Å². The molecular formula is C24H15Cl2F2N3O4. The van der Waals surface area contributed by atoms with E-state index in [9.17, 15) is 28.5 Å². The van der Waals surface area contributed by atoms with Crippen LogP contribution in [-0.2, 0) is 9.59 Å². The Morgan fingerprint density at radius 1 is 0.829 bits per heavy atom. The van der Waals surface area contributed by atoms with Crippen molar-refractivity contribution >= 4 is 64.2 Å². The van der Waals surface area contributed by atoms with E-state index in [1.54, 1.807) is 0 Å². The van der Waals surface area contributed by atoms with Gasteiger partial charge in [-0.3, -0.25) is 19.7 Å². The molecule has 178 valence electrons. The number of rotatable bonds is 7. The zero-order valence-corrected chi connectivity index (χ0v) is 19.1. The predicted octanol–water partition coefficient (Wildman–Crippen LogP) is 6.48. The van der Waals surface area contributed by atoms with Gasteiger partial charge in [0.2, 0.25) is 11.8 Å². The summed E-state index contributed by atoms with van der Waals surface area (Å²) in [5.74, 6) is -2.75. The molecule has 0 bridgehead atoms. The molecule has 3 aromatic carbocycles. The third kappa shape index (κ3) is 6.72. The summed E-state index contributed by atoms with van der Waals surface area (Å²) in [6, 6.07) is 11.6. The number of amides is 2. The Kier molecular flexibility index (Phi) is 8.30. The van der Waals surface area contributed by atoms with Crippen LogP contribution in [0.5, 0.6) is 0 Å². The first-order chi connectivity index (χ1) is 16.7. The first-order valence-electron chi connectivity index (χ1n) is 9.80. The number of hydrogen-bond acceptors (Lipinski definition) is 4. The number of halogens is 4. The van der Waals surface area contributed by atoms with Gasteiger partial charge in [0.15, 0.2) is 0 Å². The molecule has 0 saturated carbocycles. The minimum atomic E-state index is -0.801. The molecule has 0 radical (unpaired) electrons. The average molecular weight is 518 g/mol. The third-order valence-corrected chi connectivity index (χ3v) is 5.18. The smallest absolute Gasteiger partial charge is 0.292 e. The van der Waals surface area contributed by atoms with E-state index >= 15 is 0 Å². The topological polar surface area (TPSA) is 101 Å². The number of nitrogens with zero attached hydrogens (tertiary/aromatic N) is 1. The molecular weight excluding hydrogens is 503 g/mol. The van der Waals surface area contributed by atoms with E-state index in [0.29, 0.717) is 0 Å². The van der Waals surface area contributed by atoms with Crippen molar-refractivity contribution in [1.29, 1.82) is 0 Å². The highest BCUT2D eigenvalue weighted by atomic mass is 35.5. The van der Waals surface area contributed by atoms with Gasteiger partial charge < -0.3 is 10.6 Å².